The first-order valence-corrected chi connectivity index (χ1v) is 6.84. The zero-order chi connectivity index (χ0) is 14.3. The van der Waals surface area contributed by atoms with Gasteiger partial charge in [0, 0.05) is 24.2 Å². The summed E-state index contributed by atoms with van der Waals surface area (Å²) in [6.07, 6.45) is 3.65. The molecule has 0 unspecified atom stereocenters. The van der Waals surface area contributed by atoms with Gasteiger partial charge in [-0.2, -0.15) is 0 Å². The first-order valence-electron chi connectivity index (χ1n) is 6.84. The maximum Gasteiger partial charge on any atom is 0.143 e. The number of aryl methyl sites for hydroxylation is 1. The topological polar surface area (TPSA) is 30.7 Å². The second-order valence-electron chi connectivity index (χ2n) is 6.21. The Labute approximate surface area is 119 Å². The van der Waals surface area contributed by atoms with Gasteiger partial charge in [-0.25, -0.2) is 9.97 Å². The van der Waals surface area contributed by atoms with Crippen LogP contribution >= 0.6 is 0 Å². The molecule has 0 bridgehead atoms. The molecule has 0 saturated heterocycles. The van der Waals surface area contributed by atoms with Crippen molar-refractivity contribution in [3.8, 4) is 11.3 Å². The van der Waals surface area contributed by atoms with Crippen LogP contribution in [-0.4, -0.2) is 14.5 Å². The fourth-order valence-electron chi connectivity index (χ4n) is 2.44. The molecule has 0 spiro atoms. The van der Waals surface area contributed by atoms with Crippen molar-refractivity contribution in [1.29, 1.82) is 0 Å². The molecule has 3 heteroatoms. The Bertz CT molecular complexity index is 746. The van der Waals surface area contributed by atoms with Crippen LogP contribution in [-0.2, 0) is 12.5 Å². The number of fused-ring (bicyclic) bond motifs is 1. The van der Waals surface area contributed by atoms with Crippen molar-refractivity contribution >= 4 is 11.0 Å². The van der Waals surface area contributed by atoms with Crippen molar-refractivity contribution in [2.75, 3.05) is 0 Å². The zero-order valence-corrected chi connectivity index (χ0v) is 12.4. The number of hydrogen-bond acceptors (Lipinski definition) is 2. The van der Waals surface area contributed by atoms with Crippen molar-refractivity contribution in [3.63, 3.8) is 0 Å². The first-order chi connectivity index (χ1) is 9.47. The Hall–Kier alpha value is -2.16. The zero-order valence-electron chi connectivity index (χ0n) is 12.4. The van der Waals surface area contributed by atoms with Crippen LogP contribution in [0.4, 0.5) is 0 Å². The summed E-state index contributed by atoms with van der Waals surface area (Å²) in [6.45, 7) is 6.67. The van der Waals surface area contributed by atoms with Gasteiger partial charge in [-0.15, -0.1) is 0 Å². The molecule has 0 aliphatic heterocycles. The molecule has 0 aliphatic carbocycles. The summed E-state index contributed by atoms with van der Waals surface area (Å²) in [5.41, 5.74) is 4.61. The number of rotatable bonds is 1. The lowest BCUT2D eigenvalue weighted by Crippen LogP contribution is -2.10. The van der Waals surface area contributed by atoms with E-state index in [0.29, 0.717) is 0 Å². The van der Waals surface area contributed by atoms with E-state index in [1.165, 1.54) is 5.56 Å². The predicted molar refractivity (Wildman–Crippen MR) is 82.6 cm³/mol. The van der Waals surface area contributed by atoms with Gasteiger partial charge in [0.1, 0.15) is 12.0 Å². The highest BCUT2D eigenvalue weighted by atomic mass is 15.0. The molecular weight excluding hydrogens is 246 g/mol. The third-order valence-corrected chi connectivity index (χ3v) is 3.69. The summed E-state index contributed by atoms with van der Waals surface area (Å²) >= 11 is 0. The van der Waals surface area contributed by atoms with Crippen LogP contribution in [0.1, 0.15) is 26.3 Å². The monoisotopic (exact) mass is 265 g/mol. The highest BCUT2D eigenvalue weighted by molar-refractivity contribution is 5.90. The predicted octanol–water partition coefficient (Wildman–Crippen LogP) is 3.93. The standard InChI is InChI=1S/C17H19N3/c1-17(2,3)13-7-5-12(6-8-13)15-14-9-10-20(4)16(14)19-11-18-15/h5-11H,1-4H3. The van der Waals surface area contributed by atoms with Crippen LogP contribution in [0.15, 0.2) is 42.9 Å². The van der Waals surface area contributed by atoms with Crippen LogP contribution in [0.2, 0.25) is 0 Å². The molecule has 0 atom stereocenters. The van der Waals surface area contributed by atoms with Crippen LogP contribution in [0.3, 0.4) is 0 Å². The Morgan fingerprint density at radius 2 is 1.65 bits per heavy atom. The fraction of sp³-hybridized carbons (Fsp3) is 0.294. The summed E-state index contributed by atoms with van der Waals surface area (Å²) in [6, 6.07) is 10.7. The molecule has 3 nitrogen and oxygen atoms in total. The van der Waals surface area contributed by atoms with Gasteiger partial charge in [-0.1, -0.05) is 45.0 Å². The number of aromatic nitrogens is 3. The van der Waals surface area contributed by atoms with E-state index in [4.69, 9.17) is 0 Å². The van der Waals surface area contributed by atoms with E-state index in [-0.39, 0.29) is 5.41 Å². The number of nitrogens with zero attached hydrogens (tertiary/aromatic N) is 3. The molecule has 20 heavy (non-hydrogen) atoms. The third-order valence-electron chi connectivity index (χ3n) is 3.69. The normalized spacial score (nSPS) is 12.0. The van der Waals surface area contributed by atoms with Crippen molar-refractivity contribution in [2.45, 2.75) is 26.2 Å². The minimum atomic E-state index is 0.173. The maximum atomic E-state index is 4.46. The summed E-state index contributed by atoms with van der Waals surface area (Å²) in [5, 5.41) is 1.10. The SMILES string of the molecule is Cn1ccc2c(-c3ccc(C(C)(C)C)cc3)ncnc21. The van der Waals surface area contributed by atoms with Crippen molar-refractivity contribution in [3.05, 3.63) is 48.4 Å². The second-order valence-corrected chi connectivity index (χ2v) is 6.21. The van der Waals surface area contributed by atoms with E-state index in [1.54, 1.807) is 6.33 Å². The molecule has 0 saturated carbocycles. The van der Waals surface area contributed by atoms with E-state index in [1.807, 2.05) is 17.8 Å². The summed E-state index contributed by atoms with van der Waals surface area (Å²) in [7, 11) is 2.00. The van der Waals surface area contributed by atoms with Crippen LogP contribution < -0.4 is 0 Å². The lowest BCUT2D eigenvalue weighted by molar-refractivity contribution is 0.590. The van der Waals surface area contributed by atoms with E-state index < -0.39 is 0 Å². The molecule has 3 rings (SSSR count). The highest BCUT2D eigenvalue weighted by Gasteiger charge is 2.14. The van der Waals surface area contributed by atoms with Gasteiger partial charge in [0.05, 0.1) is 5.69 Å². The van der Waals surface area contributed by atoms with Gasteiger partial charge >= 0.3 is 0 Å². The van der Waals surface area contributed by atoms with Gasteiger partial charge in [-0.3, -0.25) is 0 Å². The molecule has 2 aromatic heterocycles. The van der Waals surface area contributed by atoms with E-state index in [9.17, 15) is 0 Å². The molecule has 2 heterocycles. The van der Waals surface area contributed by atoms with Gasteiger partial charge in [0.15, 0.2) is 0 Å². The minimum Gasteiger partial charge on any atom is -0.335 e. The van der Waals surface area contributed by atoms with Crippen LogP contribution in [0.5, 0.6) is 0 Å². The minimum absolute atomic E-state index is 0.173. The molecule has 3 aromatic rings. The van der Waals surface area contributed by atoms with E-state index in [0.717, 1.165) is 22.3 Å². The fourth-order valence-corrected chi connectivity index (χ4v) is 2.44. The van der Waals surface area contributed by atoms with Gasteiger partial charge in [0.2, 0.25) is 0 Å². The highest BCUT2D eigenvalue weighted by Crippen LogP contribution is 2.28. The molecule has 0 aliphatic rings. The van der Waals surface area contributed by atoms with E-state index >= 15 is 0 Å². The van der Waals surface area contributed by atoms with Crippen molar-refractivity contribution in [1.82, 2.24) is 14.5 Å². The molecule has 0 N–H and O–H groups in total. The quantitative estimate of drug-likeness (QED) is 0.667. The lowest BCUT2D eigenvalue weighted by Gasteiger charge is -2.19. The summed E-state index contributed by atoms with van der Waals surface area (Å²) in [4.78, 5) is 8.79. The maximum absolute atomic E-state index is 4.46. The van der Waals surface area contributed by atoms with Crippen LogP contribution in [0.25, 0.3) is 22.3 Å². The molecule has 1 aromatic carbocycles. The summed E-state index contributed by atoms with van der Waals surface area (Å²) in [5.74, 6) is 0. The van der Waals surface area contributed by atoms with Gasteiger partial charge in [-0.05, 0) is 17.0 Å². The molecule has 102 valence electrons. The number of benzene rings is 1. The second kappa shape index (κ2) is 4.44. The van der Waals surface area contributed by atoms with Gasteiger partial charge < -0.3 is 4.57 Å². The molecule has 0 fully saturated rings. The molecule has 0 radical (unpaired) electrons. The van der Waals surface area contributed by atoms with Crippen molar-refractivity contribution < 1.29 is 0 Å². The Morgan fingerprint density at radius 3 is 2.30 bits per heavy atom. The van der Waals surface area contributed by atoms with Gasteiger partial charge in [0.25, 0.3) is 0 Å². The molecule has 0 amide bonds. The molecular formula is C17H19N3. The van der Waals surface area contributed by atoms with E-state index in [2.05, 4.69) is 61.1 Å². The smallest absolute Gasteiger partial charge is 0.143 e. The Kier molecular flexibility index (Phi) is 2.85. The van der Waals surface area contributed by atoms with Crippen molar-refractivity contribution in [2.24, 2.45) is 7.05 Å². The average molecular weight is 265 g/mol. The largest absolute Gasteiger partial charge is 0.335 e. The third kappa shape index (κ3) is 2.09. The first kappa shape index (κ1) is 12.9. The Morgan fingerprint density at radius 1 is 0.950 bits per heavy atom. The Balaban J connectivity index is 2.12. The lowest BCUT2D eigenvalue weighted by atomic mass is 9.86. The average Bonchev–Trinajstić information content (AvgIpc) is 2.80. The summed E-state index contributed by atoms with van der Waals surface area (Å²) < 4.78 is 2.02. The number of hydrogen-bond donors (Lipinski definition) is 0. The van der Waals surface area contributed by atoms with Crippen LogP contribution in [0, 0.1) is 0 Å².